The molecule has 0 amide bonds. The molecule has 1 heterocycles. The third kappa shape index (κ3) is 5.29. The fourth-order valence-electron chi connectivity index (χ4n) is 1.28. The first-order valence-electron chi connectivity index (χ1n) is 5.25. The maximum atomic E-state index is 3.97. The Kier molecular flexibility index (Phi) is 5.71. The summed E-state index contributed by atoms with van der Waals surface area (Å²) >= 11 is 1.41. The summed E-state index contributed by atoms with van der Waals surface area (Å²) < 4.78 is 3.81. The van der Waals surface area contributed by atoms with E-state index in [1.807, 2.05) is 5.38 Å². The number of nitrogens with one attached hydrogen (secondary N) is 1. The Morgan fingerprint density at radius 3 is 2.93 bits per heavy atom. The molecule has 14 heavy (non-hydrogen) atoms. The lowest BCUT2D eigenvalue weighted by atomic mass is 10.1. The van der Waals surface area contributed by atoms with Crippen molar-refractivity contribution in [3.05, 3.63) is 11.1 Å². The molecular weight excluding hydrogens is 194 g/mol. The molecule has 0 bridgehead atoms. The van der Waals surface area contributed by atoms with Gasteiger partial charge in [-0.15, -0.1) is 5.10 Å². The number of nitrogens with zero attached hydrogens (tertiary/aromatic N) is 2. The van der Waals surface area contributed by atoms with Crippen LogP contribution in [-0.2, 0) is 6.54 Å². The third-order valence-electron chi connectivity index (χ3n) is 2.10. The van der Waals surface area contributed by atoms with Crippen LogP contribution in [0.2, 0.25) is 0 Å². The molecule has 0 aliphatic rings. The summed E-state index contributed by atoms with van der Waals surface area (Å²) in [6, 6.07) is 0. The van der Waals surface area contributed by atoms with Crippen LogP contribution >= 0.6 is 11.5 Å². The van der Waals surface area contributed by atoms with Gasteiger partial charge in [-0.2, -0.15) is 0 Å². The lowest BCUT2D eigenvalue weighted by molar-refractivity contribution is 0.519. The molecule has 0 aromatic carbocycles. The normalized spacial score (nSPS) is 11.1. The van der Waals surface area contributed by atoms with Crippen LogP contribution in [0.3, 0.4) is 0 Å². The second-order valence-corrected chi connectivity index (χ2v) is 4.57. The van der Waals surface area contributed by atoms with Crippen LogP contribution in [0.5, 0.6) is 0 Å². The van der Waals surface area contributed by atoms with E-state index in [0.717, 1.165) is 24.7 Å². The van der Waals surface area contributed by atoms with Crippen molar-refractivity contribution in [2.75, 3.05) is 6.54 Å². The fourth-order valence-corrected chi connectivity index (χ4v) is 1.73. The highest BCUT2D eigenvalue weighted by Gasteiger charge is 1.96. The monoisotopic (exact) mass is 213 g/mol. The van der Waals surface area contributed by atoms with Crippen molar-refractivity contribution in [2.45, 2.75) is 39.7 Å². The Bertz CT molecular complexity index is 221. The molecule has 0 saturated carbocycles. The zero-order valence-electron chi connectivity index (χ0n) is 8.99. The quantitative estimate of drug-likeness (QED) is 0.707. The highest BCUT2D eigenvalue weighted by atomic mass is 32.1. The van der Waals surface area contributed by atoms with Gasteiger partial charge < -0.3 is 5.32 Å². The molecule has 0 atom stereocenters. The fraction of sp³-hybridized carbons (Fsp3) is 0.800. The van der Waals surface area contributed by atoms with Gasteiger partial charge in [-0.1, -0.05) is 31.2 Å². The van der Waals surface area contributed by atoms with E-state index in [4.69, 9.17) is 0 Å². The molecular formula is C10H19N3S. The van der Waals surface area contributed by atoms with Gasteiger partial charge in [-0.25, -0.2) is 0 Å². The molecule has 1 aromatic heterocycles. The van der Waals surface area contributed by atoms with Gasteiger partial charge in [0.05, 0.1) is 5.69 Å². The molecule has 3 nitrogen and oxygen atoms in total. The van der Waals surface area contributed by atoms with Crippen molar-refractivity contribution in [3.8, 4) is 0 Å². The Morgan fingerprint density at radius 1 is 1.43 bits per heavy atom. The number of rotatable bonds is 7. The molecule has 0 radical (unpaired) electrons. The van der Waals surface area contributed by atoms with E-state index in [0.29, 0.717) is 0 Å². The van der Waals surface area contributed by atoms with Crippen LogP contribution < -0.4 is 5.32 Å². The van der Waals surface area contributed by atoms with E-state index in [1.54, 1.807) is 0 Å². The first-order chi connectivity index (χ1) is 6.79. The molecule has 0 unspecified atom stereocenters. The van der Waals surface area contributed by atoms with Crippen LogP contribution in [0.4, 0.5) is 0 Å². The topological polar surface area (TPSA) is 37.8 Å². The minimum Gasteiger partial charge on any atom is -0.311 e. The van der Waals surface area contributed by atoms with Gasteiger partial charge in [-0.3, -0.25) is 0 Å². The number of unbranched alkanes of at least 4 members (excludes halogenated alkanes) is 1. The van der Waals surface area contributed by atoms with Gasteiger partial charge in [0.25, 0.3) is 0 Å². The molecule has 0 aliphatic heterocycles. The van der Waals surface area contributed by atoms with Crippen molar-refractivity contribution in [3.63, 3.8) is 0 Å². The van der Waals surface area contributed by atoms with E-state index >= 15 is 0 Å². The summed E-state index contributed by atoms with van der Waals surface area (Å²) in [5.74, 6) is 0.831. The first-order valence-corrected chi connectivity index (χ1v) is 6.09. The highest BCUT2D eigenvalue weighted by Crippen LogP contribution is 2.05. The summed E-state index contributed by atoms with van der Waals surface area (Å²) in [5, 5.41) is 9.32. The van der Waals surface area contributed by atoms with Gasteiger partial charge in [0.15, 0.2) is 0 Å². The van der Waals surface area contributed by atoms with Crippen molar-refractivity contribution in [1.29, 1.82) is 0 Å². The third-order valence-corrected chi connectivity index (χ3v) is 2.65. The van der Waals surface area contributed by atoms with E-state index in [9.17, 15) is 0 Å². The summed E-state index contributed by atoms with van der Waals surface area (Å²) in [5.41, 5.74) is 1.05. The van der Waals surface area contributed by atoms with E-state index in [2.05, 4.69) is 28.8 Å². The molecule has 1 rings (SSSR count). The van der Waals surface area contributed by atoms with Crippen molar-refractivity contribution in [1.82, 2.24) is 14.9 Å². The van der Waals surface area contributed by atoms with Crippen LogP contribution in [0.25, 0.3) is 0 Å². The lowest BCUT2D eigenvalue weighted by Crippen LogP contribution is -2.15. The standard InChI is InChI=1S/C10H19N3S/c1-9(2)5-3-4-6-11-7-10-8-14-13-12-10/h8-9,11H,3-7H2,1-2H3. The van der Waals surface area contributed by atoms with Gasteiger partial charge in [0.2, 0.25) is 0 Å². The molecule has 0 aliphatic carbocycles. The summed E-state index contributed by atoms with van der Waals surface area (Å²) in [7, 11) is 0. The summed E-state index contributed by atoms with van der Waals surface area (Å²) in [4.78, 5) is 0. The maximum absolute atomic E-state index is 3.97. The Morgan fingerprint density at radius 2 is 2.29 bits per heavy atom. The predicted molar refractivity (Wildman–Crippen MR) is 60.3 cm³/mol. The van der Waals surface area contributed by atoms with Gasteiger partial charge in [0.1, 0.15) is 0 Å². The van der Waals surface area contributed by atoms with E-state index in [-0.39, 0.29) is 0 Å². The maximum Gasteiger partial charge on any atom is 0.0893 e. The summed E-state index contributed by atoms with van der Waals surface area (Å²) in [6.07, 6.45) is 3.91. The molecule has 80 valence electrons. The van der Waals surface area contributed by atoms with E-state index < -0.39 is 0 Å². The molecule has 0 saturated heterocycles. The van der Waals surface area contributed by atoms with Gasteiger partial charge in [0, 0.05) is 11.9 Å². The zero-order chi connectivity index (χ0) is 10.2. The SMILES string of the molecule is CC(C)CCCCNCc1csnn1. The van der Waals surface area contributed by atoms with Gasteiger partial charge >= 0.3 is 0 Å². The molecule has 1 aromatic rings. The van der Waals surface area contributed by atoms with Crippen molar-refractivity contribution in [2.24, 2.45) is 5.92 Å². The average molecular weight is 213 g/mol. The Labute approximate surface area is 90.1 Å². The second-order valence-electron chi connectivity index (χ2n) is 3.96. The molecule has 1 N–H and O–H groups in total. The second kappa shape index (κ2) is 6.90. The van der Waals surface area contributed by atoms with Gasteiger partial charge in [-0.05, 0) is 30.4 Å². The minimum atomic E-state index is 0.831. The zero-order valence-corrected chi connectivity index (χ0v) is 9.81. The highest BCUT2D eigenvalue weighted by molar-refractivity contribution is 7.03. The Balaban J connectivity index is 1.90. The smallest absolute Gasteiger partial charge is 0.0893 e. The number of aromatic nitrogens is 2. The number of hydrogen-bond donors (Lipinski definition) is 1. The Hall–Kier alpha value is -0.480. The number of hydrogen-bond acceptors (Lipinski definition) is 4. The van der Waals surface area contributed by atoms with Crippen molar-refractivity contribution < 1.29 is 0 Å². The predicted octanol–water partition coefficient (Wildman–Crippen LogP) is 2.45. The minimum absolute atomic E-state index is 0.831. The average Bonchev–Trinajstić information content (AvgIpc) is 2.63. The van der Waals surface area contributed by atoms with Crippen LogP contribution in [-0.4, -0.2) is 16.1 Å². The molecule has 0 fully saturated rings. The largest absolute Gasteiger partial charge is 0.311 e. The molecule has 0 spiro atoms. The van der Waals surface area contributed by atoms with Crippen molar-refractivity contribution >= 4 is 11.5 Å². The molecule has 4 heteroatoms. The summed E-state index contributed by atoms with van der Waals surface area (Å²) in [6.45, 7) is 6.49. The van der Waals surface area contributed by atoms with E-state index in [1.165, 1.54) is 30.8 Å². The van der Waals surface area contributed by atoms with Crippen LogP contribution in [0, 0.1) is 5.92 Å². The lowest BCUT2D eigenvalue weighted by Gasteiger charge is -2.04. The van der Waals surface area contributed by atoms with Crippen LogP contribution in [0.1, 0.15) is 38.8 Å². The van der Waals surface area contributed by atoms with Crippen LogP contribution in [0.15, 0.2) is 5.38 Å². The first kappa shape index (κ1) is 11.6.